The number of carbonyl (C=O) groups is 3. The second-order valence-corrected chi connectivity index (χ2v) is 19.1. The van der Waals surface area contributed by atoms with Crippen LogP contribution in [-0.2, 0) is 44.1 Å². The highest BCUT2D eigenvalue weighted by Gasteiger charge is 2.50. The average molecular weight is 1020 g/mol. The highest BCUT2D eigenvalue weighted by Crippen LogP contribution is 2.48. The number of benzene rings is 5. The number of rotatable bonds is 14. The zero-order chi connectivity index (χ0) is 50.6. The maximum Gasteiger partial charge on any atom is 0.416 e. The number of alkyl halides is 6. The number of nitrogens with zero attached hydrogens (tertiary/aromatic N) is 4. The zero-order valence-corrected chi connectivity index (χ0v) is 40.4. The molecule has 8 rings (SSSR count). The summed E-state index contributed by atoms with van der Waals surface area (Å²) in [5.41, 5.74) is -1.20. The summed E-state index contributed by atoms with van der Waals surface area (Å²) in [6.07, 6.45) is -7.70. The van der Waals surface area contributed by atoms with E-state index < -0.39 is 40.6 Å². The minimum atomic E-state index is -5.13. The molecule has 3 aliphatic rings. The van der Waals surface area contributed by atoms with Crippen LogP contribution in [0.25, 0.3) is 0 Å². The molecule has 2 fully saturated rings. The van der Waals surface area contributed by atoms with Crippen molar-refractivity contribution < 1.29 is 50.2 Å². The number of para-hydroxylation sites is 2. The Balaban J connectivity index is 0.901. The number of anilines is 2. The largest absolute Gasteiger partial charge is 0.416 e. The van der Waals surface area contributed by atoms with Gasteiger partial charge in [-0.15, -0.1) is 0 Å². The Bertz CT molecular complexity index is 2620. The topological polar surface area (TPSA) is 94.7 Å². The number of halogens is 8. The number of fused-ring (bicyclic) bond motifs is 2. The smallest absolute Gasteiger partial charge is 0.367 e. The van der Waals surface area contributed by atoms with Crippen molar-refractivity contribution in [2.45, 2.75) is 61.6 Å². The van der Waals surface area contributed by atoms with E-state index in [4.69, 9.17) is 32.7 Å². The molecule has 10 nitrogen and oxygen atoms in total. The molecule has 2 aliphatic heterocycles. The summed E-state index contributed by atoms with van der Waals surface area (Å²) in [5.74, 6) is -1.18. The van der Waals surface area contributed by atoms with E-state index >= 15 is 0 Å². The summed E-state index contributed by atoms with van der Waals surface area (Å²) in [6.45, 7) is 2.01. The molecule has 0 aromatic heterocycles. The summed E-state index contributed by atoms with van der Waals surface area (Å²) in [4.78, 5) is 47.6. The Morgan fingerprint density at radius 1 is 0.789 bits per heavy atom. The molecule has 376 valence electrons. The molecule has 0 unspecified atom stereocenters. The van der Waals surface area contributed by atoms with Crippen molar-refractivity contribution >= 4 is 52.4 Å². The van der Waals surface area contributed by atoms with Gasteiger partial charge in [-0.1, -0.05) is 89.9 Å². The summed E-state index contributed by atoms with van der Waals surface area (Å²) in [6, 6.07) is 32.4. The molecule has 5 aromatic carbocycles. The first kappa shape index (κ1) is 51.7. The average Bonchev–Trinajstić information content (AvgIpc) is 3.66. The SMILES string of the molecule is CN(CCCNC(=O)N(c1ccccc1)c1ccccc1)C(=O)CO[C@H]1Cc2ccccc2C12CCN(CC[C@@]1(c3ccc(Cl)c(Cl)c3)CN(C(=O)c3cc(C(F)(F)F)cc(C(F)(F)F)c3)CCO1)CC2. The third-order valence-corrected chi connectivity index (χ3v) is 14.7. The van der Waals surface area contributed by atoms with E-state index in [-0.39, 0.29) is 72.3 Å². The number of carbonyl (C=O) groups excluding carboxylic acids is 3. The molecule has 2 atom stereocenters. The van der Waals surface area contributed by atoms with Gasteiger partial charge in [-0.3, -0.25) is 14.5 Å². The molecule has 5 aromatic rings. The first-order valence-corrected chi connectivity index (χ1v) is 24.2. The van der Waals surface area contributed by atoms with Gasteiger partial charge in [0.05, 0.1) is 51.8 Å². The molecule has 0 radical (unpaired) electrons. The molecule has 0 saturated carbocycles. The molecule has 18 heteroatoms. The number of nitrogens with one attached hydrogen (secondary N) is 1. The Morgan fingerprint density at radius 3 is 2.03 bits per heavy atom. The minimum Gasteiger partial charge on any atom is -0.367 e. The van der Waals surface area contributed by atoms with Crippen molar-refractivity contribution in [3.05, 3.63) is 165 Å². The molecule has 2 saturated heterocycles. The second kappa shape index (κ2) is 21.6. The number of morpholine rings is 1. The quantitative estimate of drug-likeness (QED) is 0.0880. The Labute approximate surface area is 418 Å². The van der Waals surface area contributed by atoms with Crippen molar-refractivity contribution in [1.82, 2.24) is 20.0 Å². The van der Waals surface area contributed by atoms with E-state index in [0.29, 0.717) is 76.1 Å². The van der Waals surface area contributed by atoms with Gasteiger partial charge in [-0.25, -0.2) is 4.79 Å². The van der Waals surface area contributed by atoms with Crippen LogP contribution in [0.2, 0.25) is 10.0 Å². The van der Waals surface area contributed by atoms with Crippen LogP contribution in [0, 0.1) is 0 Å². The number of urea groups is 1. The van der Waals surface area contributed by atoms with E-state index in [2.05, 4.69) is 22.3 Å². The van der Waals surface area contributed by atoms with Crippen molar-refractivity contribution in [3.63, 3.8) is 0 Å². The number of hydrogen-bond acceptors (Lipinski definition) is 6. The summed E-state index contributed by atoms with van der Waals surface area (Å²) < 4.78 is 95.9. The molecular weight excluding hydrogens is 972 g/mol. The van der Waals surface area contributed by atoms with E-state index in [9.17, 15) is 40.7 Å². The minimum absolute atomic E-state index is 0.00329. The van der Waals surface area contributed by atoms with E-state index in [1.807, 2.05) is 72.8 Å². The normalized spacial score (nSPS) is 19.1. The van der Waals surface area contributed by atoms with Crippen LogP contribution in [0.15, 0.2) is 121 Å². The van der Waals surface area contributed by atoms with Crippen molar-refractivity contribution in [2.75, 3.05) is 71.0 Å². The highest BCUT2D eigenvalue weighted by molar-refractivity contribution is 6.42. The van der Waals surface area contributed by atoms with Gasteiger partial charge in [0.15, 0.2) is 0 Å². The number of likely N-dealkylation sites (tertiary alicyclic amines) is 1. The first-order chi connectivity index (χ1) is 33.9. The molecule has 1 spiro atoms. The van der Waals surface area contributed by atoms with E-state index in [0.717, 1.165) is 16.9 Å². The zero-order valence-electron chi connectivity index (χ0n) is 38.9. The van der Waals surface area contributed by atoms with Crippen molar-refractivity contribution in [1.29, 1.82) is 0 Å². The maximum absolute atomic E-state index is 13.9. The maximum atomic E-state index is 13.9. The highest BCUT2D eigenvalue weighted by atomic mass is 35.5. The van der Waals surface area contributed by atoms with Crippen LogP contribution in [0.5, 0.6) is 0 Å². The standard InChI is InChI=1S/C53H53Cl2F6N5O5/c1-63(23-10-22-62-49(69)66(41-12-4-2-5-13-41)42-14-6-3-7-15-42)47(67)34-70-46-31-36-11-8-9-16-43(36)50(46)19-24-64(25-20-50)26-21-51(38-17-18-44(54)45(55)33-38)35-65(27-28-71-51)48(68)37-29-39(52(56,57)58)32-40(30-37)53(59,60)61/h2-9,11-18,29-30,32-33,46H,10,19-28,31,34-35H2,1H3,(H,62,69)/t46-,51-/m0/s1. The van der Waals surface area contributed by atoms with Crippen LogP contribution >= 0.6 is 23.2 Å². The van der Waals surface area contributed by atoms with Crippen molar-refractivity contribution in [2.24, 2.45) is 0 Å². The van der Waals surface area contributed by atoms with Crippen LogP contribution < -0.4 is 10.2 Å². The predicted molar refractivity (Wildman–Crippen MR) is 259 cm³/mol. The second-order valence-electron chi connectivity index (χ2n) is 18.3. The lowest BCUT2D eigenvalue weighted by molar-refractivity contribution is -0.143. The molecular formula is C53H53Cl2F6N5O5. The van der Waals surface area contributed by atoms with Gasteiger partial charge in [0.1, 0.15) is 12.2 Å². The van der Waals surface area contributed by atoms with Gasteiger partial charge in [0, 0.05) is 44.2 Å². The van der Waals surface area contributed by atoms with Crippen LogP contribution in [-0.4, -0.2) is 105 Å². The van der Waals surface area contributed by atoms with Gasteiger partial charge in [-0.2, -0.15) is 26.3 Å². The monoisotopic (exact) mass is 1020 g/mol. The van der Waals surface area contributed by atoms with Gasteiger partial charge in [0.25, 0.3) is 5.91 Å². The Kier molecular flexibility index (Phi) is 15.7. The van der Waals surface area contributed by atoms with Crippen LogP contribution in [0.4, 0.5) is 42.5 Å². The van der Waals surface area contributed by atoms with E-state index in [1.54, 1.807) is 35.0 Å². The van der Waals surface area contributed by atoms with E-state index in [1.165, 1.54) is 10.5 Å². The molecule has 71 heavy (non-hydrogen) atoms. The van der Waals surface area contributed by atoms with Gasteiger partial charge >= 0.3 is 18.4 Å². The lowest BCUT2D eigenvalue weighted by Gasteiger charge is -2.46. The molecule has 1 N–H and O–H groups in total. The summed E-state index contributed by atoms with van der Waals surface area (Å²) in [7, 11) is 1.72. The number of amides is 4. The Morgan fingerprint density at radius 2 is 1.41 bits per heavy atom. The van der Waals surface area contributed by atoms with Gasteiger partial charge in [0.2, 0.25) is 5.91 Å². The number of likely N-dealkylation sites (N-methyl/N-ethyl adjacent to an activating group) is 1. The molecule has 4 amide bonds. The fourth-order valence-electron chi connectivity index (χ4n) is 10.1. The number of hydrogen-bond donors (Lipinski definition) is 1. The van der Waals surface area contributed by atoms with Gasteiger partial charge in [-0.05, 0) is 116 Å². The summed E-state index contributed by atoms with van der Waals surface area (Å²) >= 11 is 12.8. The van der Waals surface area contributed by atoms with Crippen LogP contribution in [0.3, 0.4) is 0 Å². The number of ether oxygens (including phenoxy) is 2. The van der Waals surface area contributed by atoms with Crippen LogP contribution in [0.1, 0.15) is 63.9 Å². The molecule has 1 aliphatic carbocycles. The fourth-order valence-corrected chi connectivity index (χ4v) is 10.4. The molecule has 2 heterocycles. The predicted octanol–water partition coefficient (Wildman–Crippen LogP) is 11.2. The fraction of sp³-hybridized carbons (Fsp3) is 0.377. The van der Waals surface area contributed by atoms with Crippen molar-refractivity contribution in [3.8, 4) is 0 Å². The summed E-state index contributed by atoms with van der Waals surface area (Å²) in [5, 5.41) is 3.46. The lowest BCUT2D eigenvalue weighted by atomic mass is 9.72. The molecule has 0 bridgehead atoms. The third kappa shape index (κ3) is 11.7. The van der Waals surface area contributed by atoms with Gasteiger partial charge < -0.3 is 29.5 Å². The Hall–Kier alpha value is -5.65. The lowest BCUT2D eigenvalue weighted by Crippen LogP contribution is -2.54. The third-order valence-electron chi connectivity index (χ3n) is 13.9. The first-order valence-electron chi connectivity index (χ1n) is 23.4. The number of piperidine rings is 1.